The van der Waals surface area contributed by atoms with Gasteiger partial charge in [-0.2, -0.15) is 0 Å². The van der Waals surface area contributed by atoms with E-state index in [1.807, 2.05) is 0 Å². The van der Waals surface area contributed by atoms with Crippen molar-refractivity contribution in [2.24, 2.45) is 0 Å². The lowest BCUT2D eigenvalue weighted by atomic mass is 10.2. The fourth-order valence-electron chi connectivity index (χ4n) is 1.39. The molecular weight excluding hydrogens is 170 g/mol. The lowest BCUT2D eigenvalue weighted by Crippen LogP contribution is -2.57. The summed E-state index contributed by atoms with van der Waals surface area (Å²) in [5, 5.41) is 5.60. The van der Waals surface area contributed by atoms with Crippen molar-refractivity contribution in [1.82, 2.24) is 15.5 Å². The molecule has 0 aromatic rings. The molecule has 0 spiro atoms. The first-order valence-electron chi connectivity index (χ1n) is 4.35. The molecule has 1 saturated heterocycles. The Balaban J connectivity index is 2.51. The van der Waals surface area contributed by atoms with E-state index in [9.17, 15) is 9.59 Å². The number of nitrogens with one attached hydrogen (secondary N) is 2. The minimum atomic E-state index is -0.261. The molecule has 74 valence electrons. The Morgan fingerprint density at radius 3 is 2.77 bits per heavy atom. The zero-order valence-corrected chi connectivity index (χ0v) is 7.96. The number of amides is 2. The lowest BCUT2D eigenvalue weighted by Gasteiger charge is -2.31. The first-order valence-corrected chi connectivity index (χ1v) is 4.35. The third kappa shape index (κ3) is 2.42. The van der Waals surface area contributed by atoms with Crippen molar-refractivity contribution in [1.29, 1.82) is 0 Å². The molecule has 1 rings (SSSR count). The Hall–Kier alpha value is -1.10. The molecule has 1 aliphatic rings. The number of hydrogen-bond donors (Lipinski definition) is 2. The molecule has 0 radical (unpaired) electrons. The van der Waals surface area contributed by atoms with E-state index in [0.29, 0.717) is 19.6 Å². The number of nitrogens with zero attached hydrogens (tertiary/aromatic N) is 1. The normalized spacial score (nSPS) is 22.6. The highest BCUT2D eigenvalue weighted by molar-refractivity contribution is 5.83. The van der Waals surface area contributed by atoms with Crippen molar-refractivity contribution < 1.29 is 9.59 Å². The number of carbonyl (C=O) groups is 2. The van der Waals surface area contributed by atoms with Crippen LogP contribution in [0.2, 0.25) is 0 Å². The van der Waals surface area contributed by atoms with Gasteiger partial charge in [0.15, 0.2) is 0 Å². The van der Waals surface area contributed by atoms with Crippen LogP contribution in [0.1, 0.15) is 6.92 Å². The maximum absolute atomic E-state index is 11.2. The highest BCUT2D eigenvalue weighted by Crippen LogP contribution is 1.99. The highest BCUT2D eigenvalue weighted by atomic mass is 16.2. The van der Waals surface area contributed by atoms with Gasteiger partial charge in [0.1, 0.15) is 6.04 Å². The van der Waals surface area contributed by atoms with Gasteiger partial charge in [-0.25, -0.2) is 0 Å². The van der Waals surface area contributed by atoms with Crippen molar-refractivity contribution in [3.05, 3.63) is 0 Å². The molecule has 13 heavy (non-hydrogen) atoms. The Bertz CT molecular complexity index is 217. The molecule has 0 saturated carbocycles. The summed E-state index contributed by atoms with van der Waals surface area (Å²) < 4.78 is 0. The van der Waals surface area contributed by atoms with Crippen LogP contribution >= 0.6 is 0 Å². The summed E-state index contributed by atoms with van der Waals surface area (Å²) in [4.78, 5) is 23.9. The zero-order chi connectivity index (χ0) is 9.84. The van der Waals surface area contributed by atoms with E-state index >= 15 is 0 Å². The average molecular weight is 185 g/mol. The minimum absolute atomic E-state index is 0.0235. The first kappa shape index (κ1) is 9.98. The van der Waals surface area contributed by atoms with Gasteiger partial charge in [-0.05, 0) is 0 Å². The molecule has 1 aliphatic heterocycles. The largest absolute Gasteiger partial charge is 0.358 e. The Morgan fingerprint density at radius 2 is 2.23 bits per heavy atom. The van der Waals surface area contributed by atoms with Gasteiger partial charge < -0.3 is 15.5 Å². The summed E-state index contributed by atoms with van der Waals surface area (Å²) in [6.07, 6.45) is 0. The summed E-state index contributed by atoms with van der Waals surface area (Å²) in [5.41, 5.74) is 0. The van der Waals surface area contributed by atoms with Gasteiger partial charge in [0.25, 0.3) is 0 Å². The molecule has 0 unspecified atom stereocenters. The smallest absolute Gasteiger partial charge is 0.238 e. The molecule has 5 nitrogen and oxygen atoms in total. The molecule has 0 aromatic heterocycles. The molecule has 0 bridgehead atoms. The maximum Gasteiger partial charge on any atom is 0.238 e. The number of piperazine rings is 1. The van der Waals surface area contributed by atoms with Crippen LogP contribution < -0.4 is 10.6 Å². The van der Waals surface area contributed by atoms with E-state index < -0.39 is 0 Å². The quantitative estimate of drug-likeness (QED) is 0.525. The number of carbonyl (C=O) groups excluding carboxylic acids is 2. The minimum Gasteiger partial charge on any atom is -0.358 e. The van der Waals surface area contributed by atoms with Crippen LogP contribution in [0.15, 0.2) is 0 Å². The average Bonchev–Trinajstić information content (AvgIpc) is 2.17. The molecule has 1 fully saturated rings. The van der Waals surface area contributed by atoms with Crippen LogP contribution in [-0.2, 0) is 9.59 Å². The zero-order valence-electron chi connectivity index (χ0n) is 7.96. The molecular formula is C8H15N3O2. The first-order chi connectivity index (χ1) is 6.15. The second-order valence-corrected chi connectivity index (χ2v) is 3.09. The van der Waals surface area contributed by atoms with E-state index in [1.54, 1.807) is 11.9 Å². The fourth-order valence-corrected chi connectivity index (χ4v) is 1.39. The standard InChI is InChI=1S/C8H15N3O2/c1-6(12)11-4-3-10-7(5-11)8(13)9-2/h7,10H,3-5H2,1-2H3,(H,9,13)/t7-/m1/s1. The number of rotatable bonds is 1. The summed E-state index contributed by atoms with van der Waals surface area (Å²) >= 11 is 0. The summed E-state index contributed by atoms with van der Waals surface area (Å²) in [6.45, 7) is 3.35. The predicted molar refractivity (Wildman–Crippen MR) is 48.1 cm³/mol. The SMILES string of the molecule is CNC(=O)[C@H]1CN(C(C)=O)CCN1. The van der Waals surface area contributed by atoms with Crippen LogP contribution in [0.5, 0.6) is 0 Å². The van der Waals surface area contributed by atoms with Gasteiger partial charge in [-0.3, -0.25) is 9.59 Å². The second-order valence-electron chi connectivity index (χ2n) is 3.09. The van der Waals surface area contributed by atoms with Crippen molar-refractivity contribution >= 4 is 11.8 Å². The van der Waals surface area contributed by atoms with Gasteiger partial charge in [0.2, 0.25) is 11.8 Å². The van der Waals surface area contributed by atoms with Crippen molar-refractivity contribution in [2.45, 2.75) is 13.0 Å². The van der Waals surface area contributed by atoms with E-state index in [1.165, 1.54) is 6.92 Å². The van der Waals surface area contributed by atoms with E-state index in [0.717, 1.165) is 0 Å². The van der Waals surface area contributed by atoms with Gasteiger partial charge in [0, 0.05) is 33.6 Å². The molecule has 1 atom stereocenters. The van der Waals surface area contributed by atoms with Gasteiger partial charge in [-0.1, -0.05) is 0 Å². The number of likely N-dealkylation sites (N-methyl/N-ethyl adjacent to an activating group) is 1. The summed E-state index contributed by atoms with van der Waals surface area (Å²) in [7, 11) is 1.59. The van der Waals surface area contributed by atoms with E-state index in [4.69, 9.17) is 0 Å². The Labute approximate surface area is 77.5 Å². The number of hydrogen-bond acceptors (Lipinski definition) is 3. The molecule has 1 heterocycles. The van der Waals surface area contributed by atoms with Gasteiger partial charge in [-0.15, -0.1) is 0 Å². The van der Waals surface area contributed by atoms with Crippen LogP contribution in [0.4, 0.5) is 0 Å². The lowest BCUT2D eigenvalue weighted by molar-refractivity contribution is -0.132. The summed E-state index contributed by atoms with van der Waals surface area (Å²) in [5.74, 6) is -0.0404. The van der Waals surface area contributed by atoms with Crippen LogP contribution in [0, 0.1) is 0 Å². The van der Waals surface area contributed by atoms with Crippen molar-refractivity contribution in [3.63, 3.8) is 0 Å². The second kappa shape index (κ2) is 4.23. The molecule has 0 aliphatic carbocycles. The third-order valence-corrected chi connectivity index (χ3v) is 2.18. The van der Waals surface area contributed by atoms with E-state index in [2.05, 4.69) is 10.6 Å². The third-order valence-electron chi connectivity index (χ3n) is 2.18. The van der Waals surface area contributed by atoms with Crippen LogP contribution in [0.3, 0.4) is 0 Å². The Morgan fingerprint density at radius 1 is 1.54 bits per heavy atom. The van der Waals surface area contributed by atoms with Crippen molar-refractivity contribution in [2.75, 3.05) is 26.7 Å². The Kier molecular flexibility index (Phi) is 3.25. The molecule has 5 heteroatoms. The molecule has 2 amide bonds. The maximum atomic E-state index is 11.2. The fraction of sp³-hybridized carbons (Fsp3) is 0.750. The van der Waals surface area contributed by atoms with Gasteiger partial charge >= 0.3 is 0 Å². The summed E-state index contributed by atoms with van der Waals surface area (Å²) in [6, 6.07) is -0.261. The van der Waals surface area contributed by atoms with Crippen molar-refractivity contribution in [3.8, 4) is 0 Å². The topological polar surface area (TPSA) is 61.4 Å². The molecule has 0 aromatic carbocycles. The predicted octanol–water partition coefficient (Wildman–Crippen LogP) is -1.45. The van der Waals surface area contributed by atoms with E-state index in [-0.39, 0.29) is 17.9 Å². The van der Waals surface area contributed by atoms with Crippen LogP contribution in [-0.4, -0.2) is 49.4 Å². The monoisotopic (exact) mass is 185 g/mol. The van der Waals surface area contributed by atoms with Gasteiger partial charge in [0.05, 0.1) is 0 Å². The van der Waals surface area contributed by atoms with Crippen LogP contribution in [0.25, 0.3) is 0 Å². The molecule has 2 N–H and O–H groups in total. The highest BCUT2D eigenvalue weighted by Gasteiger charge is 2.25.